The van der Waals surface area contributed by atoms with E-state index < -0.39 is 0 Å². The molecule has 2 nitrogen and oxygen atoms in total. The van der Waals surface area contributed by atoms with E-state index in [9.17, 15) is 0 Å². The van der Waals surface area contributed by atoms with Crippen molar-refractivity contribution in [3.8, 4) is 5.40 Å². The molecule has 0 unspecified atom stereocenters. The number of rotatable bonds is 1. The molecule has 0 fully saturated rings. The molecular formula is C8H6Cl2N2S. The van der Waals surface area contributed by atoms with Crippen LogP contribution >= 0.6 is 35.0 Å². The number of nitrogens with zero attached hydrogens (tertiary/aromatic N) is 1. The maximum absolute atomic E-state index is 8.49. The third kappa shape index (κ3) is 2.02. The molecule has 0 spiro atoms. The fourth-order valence-corrected chi connectivity index (χ4v) is 1.98. The number of hydrogen-bond donors (Lipinski definition) is 1. The molecular weight excluding hydrogens is 227 g/mol. The molecule has 0 saturated carbocycles. The van der Waals surface area contributed by atoms with Crippen LogP contribution in [0.25, 0.3) is 0 Å². The van der Waals surface area contributed by atoms with Gasteiger partial charge in [0.05, 0.1) is 15.7 Å². The molecule has 1 aromatic carbocycles. The predicted octanol–water partition coefficient (Wildman–Crippen LogP) is 3.46. The van der Waals surface area contributed by atoms with E-state index in [1.165, 1.54) is 0 Å². The molecule has 0 aliphatic heterocycles. The third-order valence-electron chi connectivity index (χ3n) is 1.61. The van der Waals surface area contributed by atoms with Crippen molar-refractivity contribution in [3.05, 3.63) is 21.7 Å². The quantitative estimate of drug-likeness (QED) is 0.459. The summed E-state index contributed by atoms with van der Waals surface area (Å²) in [6.45, 7) is 1.80. The minimum atomic E-state index is 0.364. The van der Waals surface area contributed by atoms with Crippen LogP contribution in [-0.2, 0) is 0 Å². The molecule has 13 heavy (non-hydrogen) atoms. The minimum absolute atomic E-state index is 0.364. The fourth-order valence-electron chi connectivity index (χ4n) is 0.871. The number of nitrogens with two attached hydrogens (primary N) is 1. The highest BCUT2D eigenvalue weighted by Gasteiger charge is 2.10. The number of thioether (sulfide) groups is 1. The van der Waals surface area contributed by atoms with E-state index in [1.54, 1.807) is 13.0 Å². The Bertz CT molecular complexity index is 385. The maximum atomic E-state index is 8.49. The van der Waals surface area contributed by atoms with Gasteiger partial charge in [-0.3, -0.25) is 0 Å². The molecule has 0 heterocycles. The van der Waals surface area contributed by atoms with Gasteiger partial charge in [0.1, 0.15) is 5.40 Å². The molecule has 5 heteroatoms. The zero-order chi connectivity index (χ0) is 10.0. The molecule has 0 aliphatic carbocycles. The van der Waals surface area contributed by atoms with E-state index in [2.05, 4.69) is 0 Å². The van der Waals surface area contributed by atoms with Crippen molar-refractivity contribution < 1.29 is 0 Å². The summed E-state index contributed by atoms with van der Waals surface area (Å²) in [5.74, 6) is 0. The van der Waals surface area contributed by atoms with Crippen LogP contribution in [0.4, 0.5) is 5.69 Å². The number of benzene rings is 1. The first kappa shape index (κ1) is 10.5. The van der Waals surface area contributed by atoms with Gasteiger partial charge in [-0.1, -0.05) is 23.2 Å². The first-order valence-electron chi connectivity index (χ1n) is 3.38. The van der Waals surface area contributed by atoms with Gasteiger partial charge < -0.3 is 5.73 Å². The fraction of sp³-hybridized carbons (Fsp3) is 0.125. The van der Waals surface area contributed by atoms with E-state index >= 15 is 0 Å². The topological polar surface area (TPSA) is 49.8 Å². The molecule has 68 valence electrons. The molecule has 1 aromatic rings. The predicted molar refractivity (Wildman–Crippen MR) is 57.1 cm³/mol. The van der Waals surface area contributed by atoms with Gasteiger partial charge in [0.15, 0.2) is 0 Å². The Labute approximate surface area is 90.6 Å². The van der Waals surface area contributed by atoms with Crippen LogP contribution in [0.5, 0.6) is 0 Å². The van der Waals surface area contributed by atoms with Crippen LogP contribution in [0, 0.1) is 17.6 Å². The van der Waals surface area contributed by atoms with Gasteiger partial charge in [-0.25, -0.2) is 0 Å². The molecule has 0 saturated heterocycles. The molecule has 1 rings (SSSR count). The van der Waals surface area contributed by atoms with Crippen molar-refractivity contribution in [3.63, 3.8) is 0 Å². The van der Waals surface area contributed by atoms with E-state index in [-0.39, 0.29) is 0 Å². The van der Waals surface area contributed by atoms with Gasteiger partial charge in [-0.15, -0.1) is 0 Å². The summed E-state index contributed by atoms with van der Waals surface area (Å²) >= 11 is 12.7. The molecule has 0 atom stereocenters. The SMILES string of the molecule is Cc1c(SC#N)cc(Cl)c(N)c1Cl. The maximum Gasteiger partial charge on any atom is 0.138 e. The van der Waals surface area contributed by atoms with Crippen molar-refractivity contribution >= 4 is 40.7 Å². The molecule has 0 aromatic heterocycles. The number of thiocyanates is 1. The second kappa shape index (κ2) is 4.10. The molecule has 2 N–H and O–H groups in total. The zero-order valence-corrected chi connectivity index (χ0v) is 9.09. The van der Waals surface area contributed by atoms with Gasteiger partial charge in [-0.2, -0.15) is 5.26 Å². The lowest BCUT2D eigenvalue weighted by Crippen LogP contribution is -1.91. The number of hydrogen-bond acceptors (Lipinski definition) is 3. The van der Waals surface area contributed by atoms with Gasteiger partial charge in [-0.05, 0) is 30.3 Å². The first-order valence-corrected chi connectivity index (χ1v) is 4.95. The Morgan fingerprint density at radius 3 is 2.69 bits per heavy atom. The smallest absolute Gasteiger partial charge is 0.138 e. The molecule has 0 bridgehead atoms. The standard InChI is InChI=1S/C8H6Cl2N2S/c1-4-6(13-3-11)2-5(9)8(12)7(4)10/h2H,12H2,1H3. The summed E-state index contributed by atoms with van der Waals surface area (Å²) in [5.41, 5.74) is 6.74. The van der Waals surface area contributed by atoms with Crippen LogP contribution in [0.15, 0.2) is 11.0 Å². The van der Waals surface area contributed by atoms with Gasteiger partial charge >= 0.3 is 0 Å². The Kier molecular flexibility index (Phi) is 3.32. The molecule has 0 aliphatic rings. The van der Waals surface area contributed by atoms with E-state index in [1.807, 2.05) is 5.40 Å². The van der Waals surface area contributed by atoms with Crippen LogP contribution in [0.2, 0.25) is 10.0 Å². The Morgan fingerprint density at radius 2 is 2.15 bits per heavy atom. The first-order chi connectivity index (χ1) is 6.07. The van der Waals surface area contributed by atoms with Gasteiger partial charge in [0.2, 0.25) is 0 Å². The van der Waals surface area contributed by atoms with Crippen molar-refractivity contribution in [1.82, 2.24) is 0 Å². The normalized spacial score (nSPS) is 9.69. The highest BCUT2D eigenvalue weighted by atomic mass is 35.5. The summed E-state index contributed by atoms with van der Waals surface area (Å²) < 4.78 is 0. The average Bonchev–Trinajstić information content (AvgIpc) is 2.11. The van der Waals surface area contributed by atoms with Gasteiger partial charge in [0.25, 0.3) is 0 Å². The lowest BCUT2D eigenvalue weighted by Gasteiger charge is -2.07. The summed E-state index contributed by atoms with van der Waals surface area (Å²) in [6.07, 6.45) is 0. The van der Waals surface area contributed by atoms with E-state index in [0.717, 1.165) is 22.2 Å². The Morgan fingerprint density at radius 1 is 1.54 bits per heavy atom. The van der Waals surface area contributed by atoms with Crippen molar-refractivity contribution in [2.75, 3.05) is 5.73 Å². The minimum Gasteiger partial charge on any atom is -0.396 e. The average molecular weight is 233 g/mol. The van der Waals surface area contributed by atoms with E-state index in [0.29, 0.717) is 15.7 Å². The summed E-state index contributed by atoms with van der Waals surface area (Å²) in [7, 11) is 0. The van der Waals surface area contributed by atoms with Gasteiger partial charge in [0, 0.05) is 4.90 Å². The van der Waals surface area contributed by atoms with Crippen LogP contribution in [0.1, 0.15) is 5.56 Å². The number of halogens is 2. The second-order valence-electron chi connectivity index (χ2n) is 2.40. The summed E-state index contributed by atoms with van der Waals surface area (Å²) in [4.78, 5) is 0.742. The lowest BCUT2D eigenvalue weighted by atomic mass is 10.2. The summed E-state index contributed by atoms with van der Waals surface area (Å²) in [5, 5.41) is 11.3. The lowest BCUT2D eigenvalue weighted by molar-refractivity contribution is 1.31. The monoisotopic (exact) mass is 232 g/mol. The largest absolute Gasteiger partial charge is 0.396 e. The van der Waals surface area contributed by atoms with Crippen LogP contribution in [0.3, 0.4) is 0 Å². The highest BCUT2D eigenvalue weighted by molar-refractivity contribution is 8.03. The number of anilines is 1. The second-order valence-corrected chi connectivity index (χ2v) is 4.01. The van der Waals surface area contributed by atoms with Crippen molar-refractivity contribution in [1.29, 1.82) is 5.26 Å². The molecule has 0 radical (unpaired) electrons. The van der Waals surface area contributed by atoms with Crippen LogP contribution < -0.4 is 5.73 Å². The number of nitriles is 1. The third-order valence-corrected chi connectivity index (χ3v) is 3.14. The Hall–Kier alpha value is -0.560. The zero-order valence-electron chi connectivity index (χ0n) is 6.77. The highest BCUT2D eigenvalue weighted by Crippen LogP contribution is 2.36. The van der Waals surface area contributed by atoms with Crippen LogP contribution in [-0.4, -0.2) is 0 Å². The number of nitrogen functional groups attached to an aromatic ring is 1. The van der Waals surface area contributed by atoms with Crippen molar-refractivity contribution in [2.45, 2.75) is 11.8 Å². The van der Waals surface area contributed by atoms with E-state index in [4.69, 9.17) is 34.2 Å². The van der Waals surface area contributed by atoms with Crippen molar-refractivity contribution in [2.24, 2.45) is 0 Å². The Balaban J connectivity index is 3.34. The molecule has 0 amide bonds. The summed E-state index contributed by atoms with van der Waals surface area (Å²) in [6, 6.07) is 1.64.